The molecule has 1 unspecified atom stereocenters. The predicted octanol–water partition coefficient (Wildman–Crippen LogP) is 3.56. The van der Waals surface area contributed by atoms with Gasteiger partial charge in [0.05, 0.1) is 6.54 Å². The van der Waals surface area contributed by atoms with E-state index in [2.05, 4.69) is 42.2 Å². The summed E-state index contributed by atoms with van der Waals surface area (Å²) < 4.78 is 0. The van der Waals surface area contributed by atoms with Crippen molar-refractivity contribution in [1.82, 2.24) is 4.98 Å². The smallest absolute Gasteiger partial charge is 0.0576 e. The van der Waals surface area contributed by atoms with Crippen LogP contribution in [0, 0.1) is 0 Å². The maximum Gasteiger partial charge on any atom is 0.0576 e. The highest BCUT2D eigenvalue weighted by Gasteiger charge is 2.31. The van der Waals surface area contributed by atoms with Crippen LogP contribution in [0.25, 0.3) is 0 Å². The second-order valence-electron chi connectivity index (χ2n) is 6.57. The van der Waals surface area contributed by atoms with Crippen LogP contribution < -0.4 is 5.73 Å². The van der Waals surface area contributed by atoms with Gasteiger partial charge in [-0.15, -0.1) is 0 Å². The molecule has 1 atom stereocenters. The fraction of sp³-hybridized carbons (Fsp3) is 0.400. The van der Waals surface area contributed by atoms with Crippen LogP contribution in [0.2, 0.25) is 0 Å². The first-order chi connectivity index (χ1) is 11.2. The fourth-order valence-electron chi connectivity index (χ4n) is 3.28. The Morgan fingerprint density at radius 1 is 1.13 bits per heavy atom. The molecule has 0 aliphatic carbocycles. The summed E-state index contributed by atoms with van der Waals surface area (Å²) in [4.78, 5) is 9.11. The van der Waals surface area contributed by atoms with Gasteiger partial charge in [0, 0.05) is 29.6 Å². The Morgan fingerprint density at radius 2 is 2.04 bits per heavy atom. The summed E-state index contributed by atoms with van der Waals surface area (Å²) in [5.41, 5.74) is 11.2. The number of aromatic nitrogens is 1. The number of pyridine rings is 1. The van der Waals surface area contributed by atoms with E-state index in [0.717, 1.165) is 44.3 Å². The summed E-state index contributed by atoms with van der Waals surface area (Å²) in [6, 6.07) is 14.8. The van der Waals surface area contributed by atoms with Crippen molar-refractivity contribution in [2.45, 2.75) is 44.6 Å². The monoisotopic (exact) mass is 307 g/mol. The molecule has 1 aromatic heterocycles. The van der Waals surface area contributed by atoms with Crippen molar-refractivity contribution >= 4 is 5.71 Å². The minimum Gasteiger partial charge on any atom is -0.323 e. The number of aliphatic imine (C=N–C) groups is 1. The standard InChI is InChI=1S/C20H25N3/c1-2-11-20(21)14-19(23-15-20)17-7-5-6-16(13-17)9-10-18-8-3-4-12-22-18/h3-8,12-13H,2,9-11,14-15,21H2,1H3. The number of aryl methyl sites for hydroxylation is 2. The molecule has 3 rings (SSSR count). The molecule has 0 bridgehead atoms. The van der Waals surface area contributed by atoms with Crippen LogP contribution in [0.4, 0.5) is 0 Å². The van der Waals surface area contributed by atoms with E-state index in [1.165, 1.54) is 16.8 Å². The van der Waals surface area contributed by atoms with Gasteiger partial charge in [-0.2, -0.15) is 0 Å². The minimum atomic E-state index is -0.131. The molecule has 1 aromatic carbocycles. The van der Waals surface area contributed by atoms with Crippen LogP contribution in [0.15, 0.2) is 53.7 Å². The van der Waals surface area contributed by atoms with Crippen molar-refractivity contribution in [2.24, 2.45) is 10.7 Å². The normalized spacial score (nSPS) is 20.5. The molecular weight excluding hydrogens is 282 g/mol. The van der Waals surface area contributed by atoms with Crippen LogP contribution in [0.3, 0.4) is 0 Å². The topological polar surface area (TPSA) is 51.3 Å². The molecule has 0 fully saturated rings. The summed E-state index contributed by atoms with van der Waals surface area (Å²) in [5, 5.41) is 0. The second-order valence-corrected chi connectivity index (χ2v) is 6.57. The largest absolute Gasteiger partial charge is 0.323 e. The highest BCUT2D eigenvalue weighted by molar-refractivity contribution is 6.02. The molecule has 2 heterocycles. The van der Waals surface area contributed by atoms with Gasteiger partial charge in [-0.1, -0.05) is 37.6 Å². The molecule has 1 aliphatic rings. The number of rotatable bonds is 6. The molecule has 0 amide bonds. The molecule has 0 radical (unpaired) electrons. The molecule has 1 aliphatic heterocycles. The maximum atomic E-state index is 6.45. The van der Waals surface area contributed by atoms with E-state index in [0.29, 0.717) is 0 Å². The fourth-order valence-corrected chi connectivity index (χ4v) is 3.28. The Bertz CT molecular complexity index is 678. The SMILES string of the molecule is CCCC1(N)CN=C(c2cccc(CCc3ccccn3)c2)C1. The van der Waals surface area contributed by atoms with Crippen molar-refractivity contribution < 1.29 is 0 Å². The average molecular weight is 307 g/mol. The predicted molar refractivity (Wildman–Crippen MR) is 95.9 cm³/mol. The third-order valence-corrected chi connectivity index (χ3v) is 4.51. The van der Waals surface area contributed by atoms with Crippen molar-refractivity contribution in [3.05, 3.63) is 65.5 Å². The lowest BCUT2D eigenvalue weighted by atomic mass is 9.89. The zero-order valence-corrected chi connectivity index (χ0v) is 13.8. The van der Waals surface area contributed by atoms with Gasteiger partial charge in [-0.3, -0.25) is 9.98 Å². The van der Waals surface area contributed by atoms with Gasteiger partial charge in [0.1, 0.15) is 0 Å². The third kappa shape index (κ3) is 4.05. The molecular formula is C20H25N3. The lowest BCUT2D eigenvalue weighted by Gasteiger charge is -2.21. The zero-order valence-electron chi connectivity index (χ0n) is 13.8. The Labute approximate surface area is 138 Å². The van der Waals surface area contributed by atoms with Gasteiger partial charge in [0.2, 0.25) is 0 Å². The molecule has 0 saturated heterocycles. The van der Waals surface area contributed by atoms with Gasteiger partial charge >= 0.3 is 0 Å². The lowest BCUT2D eigenvalue weighted by Crippen LogP contribution is -2.41. The van der Waals surface area contributed by atoms with Gasteiger partial charge in [0.25, 0.3) is 0 Å². The average Bonchev–Trinajstić information content (AvgIpc) is 2.97. The van der Waals surface area contributed by atoms with Gasteiger partial charge in [-0.25, -0.2) is 0 Å². The summed E-state index contributed by atoms with van der Waals surface area (Å²) in [6.07, 6.45) is 6.87. The summed E-state index contributed by atoms with van der Waals surface area (Å²) in [7, 11) is 0. The van der Waals surface area contributed by atoms with Crippen LogP contribution in [-0.2, 0) is 12.8 Å². The van der Waals surface area contributed by atoms with E-state index < -0.39 is 0 Å². The van der Waals surface area contributed by atoms with E-state index in [4.69, 9.17) is 10.7 Å². The van der Waals surface area contributed by atoms with E-state index in [1.807, 2.05) is 18.3 Å². The van der Waals surface area contributed by atoms with Crippen LogP contribution in [-0.4, -0.2) is 22.8 Å². The first-order valence-corrected chi connectivity index (χ1v) is 8.50. The molecule has 120 valence electrons. The molecule has 0 spiro atoms. The first kappa shape index (κ1) is 15.9. The van der Waals surface area contributed by atoms with Crippen molar-refractivity contribution in [3.8, 4) is 0 Å². The van der Waals surface area contributed by atoms with Gasteiger partial charge < -0.3 is 5.73 Å². The van der Waals surface area contributed by atoms with E-state index in [-0.39, 0.29) is 5.54 Å². The minimum absolute atomic E-state index is 0.131. The lowest BCUT2D eigenvalue weighted by molar-refractivity contribution is 0.434. The molecule has 2 N–H and O–H groups in total. The highest BCUT2D eigenvalue weighted by atomic mass is 14.9. The Kier molecular flexibility index (Phi) is 4.87. The molecule has 2 aromatic rings. The molecule has 0 saturated carbocycles. The van der Waals surface area contributed by atoms with Crippen molar-refractivity contribution in [3.63, 3.8) is 0 Å². The van der Waals surface area contributed by atoms with E-state index in [1.54, 1.807) is 0 Å². The Hall–Kier alpha value is -2.00. The van der Waals surface area contributed by atoms with Crippen molar-refractivity contribution in [1.29, 1.82) is 0 Å². The third-order valence-electron chi connectivity index (χ3n) is 4.51. The first-order valence-electron chi connectivity index (χ1n) is 8.50. The number of hydrogen-bond donors (Lipinski definition) is 1. The number of benzene rings is 1. The number of nitrogens with zero attached hydrogens (tertiary/aromatic N) is 2. The zero-order chi connectivity index (χ0) is 16.1. The second kappa shape index (κ2) is 7.05. The Morgan fingerprint density at radius 3 is 2.83 bits per heavy atom. The van der Waals surface area contributed by atoms with Gasteiger partial charge in [0.15, 0.2) is 0 Å². The van der Waals surface area contributed by atoms with Crippen LogP contribution in [0.5, 0.6) is 0 Å². The summed E-state index contributed by atoms with van der Waals surface area (Å²) in [5.74, 6) is 0. The van der Waals surface area contributed by atoms with Crippen LogP contribution >= 0.6 is 0 Å². The van der Waals surface area contributed by atoms with Gasteiger partial charge in [-0.05, 0) is 48.6 Å². The number of hydrogen-bond acceptors (Lipinski definition) is 3. The van der Waals surface area contributed by atoms with E-state index in [9.17, 15) is 0 Å². The number of nitrogens with two attached hydrogens (primary N) is 1. The molecule has 23 heavy (non-hydrogen) atoms. The van der Waals surface area contributed by atoms with Crippen molar-refractivity contribution in [2.75, 3.05) is 6.54 Å². The molecule has 3 heteroatoms. The summed E-state index contributed by atoms with van der Waals surface area (Å²) in [6.45, 7) is 2.94. The maximum absolute atomic E-state index is 6.45. The Balaban J connectivity index is 1.66. The van der Waals surface area contributed by atoms with E-state index >= 15 is 0 Å². The van der Waals surface area contributed by atoms with Crippen LogP contribution in [0.1, 0.15) is 43.0 Å². The molecule has 3 nitrogen and oxygen atoms in total. The highest BCUT2D eigenvalue weighted by Crippen LogP contribution is 2.25. The summed E-state index contributed by atoms with van der Waals surface area (Å²) >= 11 is 0. The quantitative estimate of drug-likeness (QED) is 0.887.